The number of nitrogens with one attached hydrogen (secondary N) is 1. The number of carbonyl (C=O) groups excluding carboxylic acids is 1. The van der Waals surface area contributed by atoms with Gasteiger partial charge in [0.15, 0.2) is 0 Å². The fourth-order valence-electron chi connectivity index (χ4n) is 2.78. The lowest BCUT2D eigenvalue weighted by Crippen LogP contribution is -2.33. The SMILES string of the molecule is CC(C)n1c(C(=O)NCC2CCCO2)cc2sccc21. The Labute approximate surface area is 122 Å². The zero-order valence-electron chi connectivity index (χ0n) is 11.9. The van der Waals surface area contributed by atoms with Crippen LogP contribution < -0.4 is 5.32 Å². The molecular weight excluding hydrogens is 272 g/mol. The number of rotatable bonds is 4. The molecule has 3 rings (SSSR count). The Morgan fingerprint density at radius 1 is 1.60 bits per heavy atom. The van der Waals surface area contributed by atoms with Crippen LogP contribution in [0, 0.1) is 0 Å². The normalized spacial score (nSPS) is 19.1. The average molecular weight is 292 g/mol. The van der Waals surface area contributed by atoms with Crippen LogP contribution in [0.25, 0.3) is 10.2 Å². The molecule has 1 aliphatic rings. The number of nitrogens with zero attached hydrogens (tertiary/aromatic N) is 1. The van der Waals surface area contributed by atoms with E-state index in [9.17, 15) is 4.79 Å². The van der Waals surface area contributed by atoms with Gasteiger partial charge in [0.1, 0.15) is 5.69 Å². The summed E-state index contributed by atoms with van der Waals surface area (Å²) in [5, 5.41) is 5.07. The molecule has 0 radical (unpaired) electrons. The molecule has 2 aromatic rings. The fraction of sp³-hybridized carbons (Fsp3) is 0.533. The van der Waals surface area contributed by atoms with E-state index in [4.69, 9.17) is 4.74 Å². The second-order valence-electron chi connectivity index (χ2n) is 5.51. The van der Waals surface area contributed by atoms with Gasteiger partial charge in [-0.1, -0.05) is 0 Å². The Morgan fingerprint density at radius 3 is 3.15 bits per heavy atom. The molecule has 0 saturated carbocycles. The van der Waals surface area contributed by atoms with Crippen LogP contribution in [0.15, 0.2) is 17.5 Å². The van der Waals surface area contributed by atoms with Crippen molar-refractivity contribution >= 4 is 27.5 Å². The maximum absolute atomic E-state index is 12.4. The molecule has 1 fully saturated rings. The molecule has 3 heterocycles. The average Bonchev–Trinajstić information content (AvgIpc) is 3.10. The van der Waals surface area contributed by atoms with Crippen molar-refractivity contribution < 1.29 is 9.53 Å². The molecule has 1 unspecified atom stereocenters. The molecule has 1 amide bonds. The third-order valence-electron chi connectivity index (χ3n) is 3.72. The highest BCUT2D eigenvalue weighted by atomic mass is 32.1. The maximum Gasteiger partial charge on any atom is 0.268 e. The third-order valence-corrected chi connectivity index (χ3v) is 4.58. The lowest BCUT2D eigenvalue weighted by molar-refractivity contribution is 0.0849. The van der Waals surface area contributed by atoms with E-state index in [2.05, 4.69) is 35.2 Å². The van der Waals surface area contributed by atoms with E-state index in [0.29, 0.717) is 6.54 Å². The number of hydrogen-bond donors (Lipinski definition) is 1. The van der Waals surface area contributed by atoms with E-state index < -0.39 is 0 Å². The number of fused-ring (bicyclic) bond motifs is 1. The van der Waals surface area contributed by atoms with Gasteiger partial charge in [-0.15, -0.1) is 11.3 Å². The number of thiophene rings is 1. The second-order valence-corrected chi connectivity index (χ2v) is 6.46. The van der Waals surface area contributed by atoms with Crippen molar-refractivity contribution in [3.63, 3.8) is 0 Å². The summed E-state index contributed by atoms with van der Waals surface area (Å²) in [4.78, 5) is 12.4. The van der Waals surface area contributed by atoms with Crippen molar-refractivity contribution in [2.45, 2.75) is 38.8 Å². The topological polar surface area (TPSA) is 43.3 Å². The Morgan fingerprint density at radius 2 is 2.45 bits per heavy atom. The second kappa shape index (κ2) is 5.58. The lowest BCUT2D eigenvalue weighted by atomic mass is 10.2. The van der Waals surface area contributed by atoms with Gasteiger partial charge in [0.25, 0.3) is 5.91 Å². The summed E-state index contributed by atoms with van der Waals surface area (Å²) in [5.74, 6) is -0.00222. The molecule has 20 heavy (non-hydrogen) atoms. The summed E-state index contributed by atoms with van der Waals surface area (Å²) in [6, 6.07) is 4.34. The van der Waals surface area contributed by atoms with Crippen LogP contribution in [-0.2, 0) is 4.74 Å². The highest BCUT2D eigenvalue weighted by molar-refractivity contribution is 7.17. The minimum atomic E-state index is -0.00222. The van der Waals surface area contributed by atoms with E-state index in [1.165, 1.54) is 4.70 Å². The van der Waals surface area contributed by atoms with Gasteiger partial charge in [-0.25, -0.2) is 0 Å². The van der Waals surface area contributed by atoms with E-state index >= 15 is 0 Å². The fourth-order valence-corrected chi connectivity index (χ4v) is 3.59. The van der Waals surface area contributed by atoms with Crippen LogP contribution in [0.4, 0.5) is 0 Å². The van der Waals surface area contributed by atoms with Gasteiger partial charge in [0, 0.05) is 19.2 Å². The summed E-state index contributed by atoms with van der Waals surface area (Å²) >= 11 is 1.68. The first kappa shape index (κ1) is 13.6. The van der Waals surface area contributed by atoms with Gasteiger partial charge in [0.05, 0.1) is 16.3 Å². The van der Waals surface area contributed by atoms with E-state index in [-0.39, 0.29) is 18.1 Å². The van der Waals surface area contributed by atoms with Crippen LogP contribution in [0.1, 0.15) is 43.2 Å². The molecular formula is C15H20N2O2S. The smallest absolute Gasteiger partial charge is 0.268 e. The van der Waals surface area contributed by atoms with Crippen LogP contribution in [0.2, 0.25) is 0 Å². The zero-order chi connectivity index (χ0) is 14.1. The highest BCUT2D eigenvalue weighted by Crippen LogP contribution is 2.28. The van der Waals surface area contributed by atoms with Gasteiger partial charge in [-0.05, 0) is 44.2 Å². The van der Waals surface area contributed by atoms with Gasteiger partial charge in [-0.3, -0.25) is 4.79 Å². The van der Waals surface area contributed by atoms with Gasteiger partial charge < -0.3 is 14.6 Å². The first-order valence-corrected chi connectivity index (χ1v) is 8.03. The van der Waals surface area contributed by atoms with Crippen molar-refractivity contribution in [3.05, 3.63) is 23.2 Å². The number of hydrogen-bond acceptors (Lipinski definition) is 3. The Hall–Kier alpha value is -1.33. The summed E-state index contributed by atoms with van der Waals surface area (Å²) < 4.78 is 8.82. The molecule has 108 valence electrons. The van der Waals surface area contributed by atoms with Crippen molar-refractivity contribution in [3.8, 4) is 0 Å². The van der Waals surface area contributed by atoms with Crippen LogP contribution >= 0.6 is 11.3 Å². The lowest BCUT2D eigenvalue weighted by Gasteiger charge is -2.15. The van der Waals surface area contributed by atoms with Crippen molar-refractivity contribution in [2.24, 2.45) is 0 Å². The highest BCUT2D eigenvalue weighted by Gasteiger charge is 2.20. The molecule has 0 aromatic carbocycles. The minimum Gasteiger partial charge on any atom is -0.376 e. The van der Waals surface area contributed by atoms with E-state index in [1.54, 1.807) is 11.3 Å². The number of amides is 1. The first-order valence-electron chi connectivity index (χ1n) is 7.15. The van der Waals surface area contributed by atoms with Crippen LogP contribution in [0.3, 0.4) is 0 Å². The molecule has 5 heteroatoms. The summed E-state index contributed by atoms with van der Waals surface area (Å²) in [5.41, 5.74) is 1.90. The standard InChI is InChI=1S/C15H20N2O2S/c1-10(2)17-12-5-7-20-14(12)8-13(17)15(18)16-9-11-4-3-6-19-11/h5,7-8,10-11H,3-4,6,9H2,1-2H3,(H,16,18). The summed E-state index contributed by atoms with van der Waals surface area (Å²) in [6.45, 7) is 5.64. The van der Waals surface area contributed by atoms with Crippen molar-refractivity contribution in [1.29, 1.82) is 0 Å². The monoisotopic (exact) mass is 292 g/mol. The quantitative estimate of drug-likeness (QED) is 0.940. The third kappa shape index (κ3) is 2.47. The molecule has 0 spiro atoms. The first-order chi connectivity index (χ1) is 9.66. The number of carbonyl (C=O) groups is 1. The van der Waals surface area contributed by atoms with Crippen LogP contribution in [0.5, 0.6) is 0 Å². The Kier molecular flexibility index (Phi) is 3.81. The van der Waals surface area contributed by atoms with Crippen molar-refractivity contribution in [2.75, 3.05) is 13.2 Å². The Bertz CT molecular complexity index is 608. The molecule has 4 nitrogen and oxygen atoms in total. The molecule has 1 saturated heterocycles. The summed E-state index contributed by atoms with van der Waals surface area (Å²) in [6.07, 6.45) is 2.32. The minimum absolute atomic E-state index is 0.00222. The summed E-state index contributed by atoms with van der Waals surface area (Å²) in [7, 11) is 0. The van der Waals surface area contributed by atoms with Gasteiger partial charge in [-0.2, -0.15) is 0 Å². The molecule has 1 N–H and O–H groups in total. The predicted molar refractivity (Wildman–Crippen MR) is 81.5 cm³/mol. The maximum atomic E-state index is 12.4. The molecule has 0 aliphatic carbocycles. The zero-order valence-corrected chi connectivity index (χ0v) is 12.7. The Balaban J connectivity index is 1.79. The molecule has 0 bridgehead atoms. The van der Waals surface area contributed by atoms with Crippen LogP contribution in [-0.4, -0.2) is 29.7 Å². The predicted octanol–water partition coefficient (Wildman–Crippen LogP) is 3.19. The van der Waals surface area contributed by atoms with Crippen molar-refractivity contribution in [1.82, 2.24) is 9.88 Å². The number of ether oxygens (including phenoxy) is 1. The van der Waals surface area contributed by atoms with Gasteiger partial charge >= 0.3 is 0 Å². The molecule has 1 atom stereocenters. The molecule has 2 aromatic heterocycles. The van der Waals surface area contributed by atoms with E-state index in [0.717, 1.165) is 30.7 Å². The van der Waals surface area contributed by atoms with E-state index in [1.807, 2.05) is 6.07 Å². The van der Waals surface area contributed by atoms with Gasteiger partial charge in [0.2, 0.25) is 0 Å². The molecule has 1 aliphatic heterocycles. The largest absolute Gasteiger partial charge is 0.376 e. The number of aromatic nitrogens is 1.